The van der Waals surface area contributed by atoms with Gasteiger partial charge in [-0.15, -0.1) is 0 Å². The lowest BCUT2D eigenvalue weighted by Crippen LogP contribution is -2.40. The highest BCUT2D eigenvalue weighted by Crippen LogP contribution is 2.23. The van der Waals surface area contributed by atoms with E-state index >= 15 is 0 Å². The van der Waals surface area contributed by atoms with Crippen LogP contribution in [0.5, 0.6) is 0 Å². The molecule has 0 unspecified atom stereocenters. The second-order valence-electron chi connectivity index (χ2n) is 5.49. The quantitative estimate of drug-likeness (QED) is 0.942. The van der Waals surface area contributed by atoms with Gasteiger partial charge in [0.05, 0.1) is 5.69 Å². The maximum Gasteiger partial charge on any atom is 0.226 e. The second kappa shape index (κ2) is 6.60. The van der Waals surface area contributed by atoms with Crippen LogP contribution in [0.3, 0.4) is 0 Å². The smallest absolute Gasteiger partial charge is 0.226 e. The van der Waals surface area contributed by atoms with E-state index in [0.717, 1.165) is 30.9 Å². The van der Waals surface area contributed by atoms with Gasteiger partial charge in [0.1, 0.15) is 6.26 Å². The summed E-state index contributed by atoms with van der Waals surface area (Å²) in [6.07, 6.45) is 4.13. The Balaban J connectivity index is 1.63. The zero-order valence-electron chi connectivity index (χ0n) is 12.2. The summed E-state index contributed by atoms with van der Waals surface area (Å²) in [4.78, 5) is 7.00. The van der Waals surface area contributed by atoms with Crippen molar-refractivity contribution in [2.24, 2.45) is 0 Å². The SMILES string of the molecule is CNC1CCN(Cc2coc(-c3cccc(Cl)c3)n2)CC1. The first-order valence-corrected chi connectivity index (χ1v) is 7.72. The molecule has 1 saturated heterocycles. The van der Waals surface area contributed by atoms with Crippen molar-refractivity contribution in [1.29, 1.82) is 0 Å². The van der Waals surface area contributed by atoms with Crippen molar-refractivity contribution in [3.8, 4) is 11.5 Å². The van der Waals surface area contributed by atoms with E-state index in [1.807, 2.05) is 31.3 Å². The number of piperidine rings is 1. The number of likely N-dealkylation sites (tertiary alicyclic amines) is 1. The topological polar surface area (TPSA) is 41.3 Å². The average molecular weight is 306 g/mol. The molecular weight excluding hydrogens is 286 g/mol. The van der Waals surface area contributed by atoms with Crippen molar-refractivity contribution in [3.63, 3.8) is 0 Å². The fraction of sp³-hybridized carbons (Fsp3) is 0.438. The molecule has 0 spiro atoms. The molecule has 112 valence electrons. The first kappa shape index (κ1) is 14.6. The van der Waals surface area contributed by atoms with Crippen LogP contribution in [0.15, 0.2) is 34.9 Å². The molecule has 5 heteroatoms. The molecule has 1 aromatic carbocycles. The summed E-state index contributed by atoms with van der Waals surface area (Å²) >= 11 is 6.00. The van der Waals surface area contributed by atoms with Crippen molar-refractivity contribution < 1.29 is 4.42 Å². The van der Waals surface area contributed by atoms with Crippen molar-refractivity contribution in [2.75, 3.05) is 20.1 Å². The van der Waals surface area contributed by atoms with Crippen LogP contribution in [0.1, 0.15) is 18.5 Å². The van der Waals surface area contributed by atoms with Crippen LogP contribution >= 0.6 is 11.6 Å². The molecule has 0 aliphatic carbocycles. The van der Waals surface area contributed by atoms with Crippen LogP contribution in [0.25, 0.3) is 11.5 Å². The minimum Gasteiger partial charge on any atom is -0.444 e. The summed E-state index contributed by atoms with van der Waals surface area (Å²) in [7, 11) is 2.04. The Hall–Kier alpha value is -1.36. The molecule has 1 fully saturated rings. The van der Waals surface area contributed by atoms with Crippen molar-refractivity contribution >= 4 is 11.6 Å². The molecule has 2 aromatic rings. The van der Waals surface area contributed by atoms with Crippen LogP contribution in [-0.4, -0.2) is 36.1 Å². The standard InChI is InChI=1S/C16H20ClN3O/c1-18-14-5-7-20(8-6-14)10-15-11-21-16(19-15)12-3-2-4-13(17)9-12/h2-4,9,11,14,18H,5-8,10H2,1H3. The van der Waals surface area contributed by atoms with Crippen LogP contribution < -0.4 is 5.32 Å². The largest absolute Gasteiger partial charge is 0.444 e. The summed E-state index contributed by atoms with van der Waals surface area (Å²) in [6, 6.07) is 8.24. The van der Waals surface area contributed by atoms with Gasteiger partial charge in [0, 0.05) is 36.3 Å². The number of nitrogens with zero attached hydrogens (tertiary/aromatic N) is 2. The Morgan fingerprint density at radius 1 is 1.38 bits per heavy atom. The fourth-order valence-electron chi connectivity index (χ4n) is 2.74. The third-order valence-corrected chi connectivity index (χ3v) is 4.24. The molecule has 0 atom stereocenters. The van der Waals surface area contributed by atoms with Gasteiger partial charge in [0.25, 0.3) is 0 Å². The van der Waals surface area contributed by atoms with Crippen molar-refractivity contribution in [3.05, 3.63) is 41.2 Å². The van der Waals surface area contributed by atoms with Crippen LogP contribution in [-0.2, 0) is 6.54 Å². The minimum absolute atomic E-state index is 0.637. The van der Waals surface area contributed by atoms with E-state index in [1.165, 1.54) is 12.8 Å². The molecule has 0 bridgehead atoms. The molecule has 1 N–H and O–H groups in total. The molecule has 1 aliphatic heterocycles. The van der Waals surface area contributed by atoms with E-state index in [1.54, 1.807) is 6.26 Å². The summed E-state index contributed by atoms with van der Waals surface area (Å²) in [5, 5.41) is 4.04. The molecule has 21 heavy (non-hydrogen) atoms. The Kier molecular flexibility index (Phi) is 4.58. The van der Waals surface area contributed by atoms with Crippen LogP contribution in [0, 0.1) is 0 Å². The van der Waals surface area contributed by atoms with Gasteiger partial charge in [0.15, 0.2) is 0 Å². The van der Waals surface area contributed by atoms with Crippen molar-refractivity contribution in [2.45, 2.75) is 25.4 Å². The lowest BCUT2D eigenvalue weighted by molar-refractivity contribution is 0.192. The predicted octanol–water partition coefficient (Wildman–Crippen LogP) is 3.18. The Morgan fingerprint density at radius 2 is 2.19 bits per heavy atom. The molecule has 0 radical (unpaired) electrons. The number of aromatic nitrogens is 1. The van der Waals surface area contributed by atoms with Crippen molar-refractivity contribution in [1.82, 2.24) is 15.2 Å². The average Bonchev–Trinajstić information content (AvgIpc) is 2.97. The van der Waals surface area contributed by atoms with Gasteiger partial charge in [-0.05, 0) is 38.1 Å². The summed E-state index contributed by atoms with van der Waals surface area (Å²) in [5.41, 5.74) is 1.90. The molecule has 3 rings (SSSR count). The fourth-order valence-corrected chi connectivity index (χ4v) is 2.93. The van der Waals surface area contributed by atoms with Gasteiger partial charge in [-0.3, -0.25) is 4.90 Å². The molecule has 0 amide bonds. The highest BCUT2D eigenvalue weighted by molar-refractivity contribution is 6.30. The minimum atomic E-state index is 0.637. The van der Waals surface area contributed by atoms with Gasteiger partial charge in [-0.2, -0.15) is 0 Å². The van der Waals surface area contributed by atoms with Gasteiger partial charge in [0.2, 0.25) is 5.89 Å². The molecule has 0 saturated carbocycles. The molecular formula is C16H20ClN3O. The van der Waals surface area contributed by atoms with E-state index in [9.17, 15) is 0 Å². The summed E-state index contributed by atoms with van der Waals surface area (Å²) in [6.45, 7) is 3.05. The zero-order valence-corrected chi connectivity index (χ0v) is 12.9. The zero-order chi connectivity index (χ0) is 14.7. The second-order valence-corrected chi connectivity index (χ2v) is 5.93. The number of nitrogens with one attached hydrogen (secondary N) is 1. The maximum atomic E-state index is 6.00. The van der Waals surface area contributed by atoms with E-state index in [4.69, 9.17) is 16.0 Å². The summed E-state index contributed by atoms with van der Waals surface area (Å²) in [5.74, 6) is 0.637. The van der Waals surface area contributed by atoms with E-state index in [-0.39, 0.29) is 0 Å². The third kappa shape index (κ3) is 3.64. The first-order valence-electron chi connectivity index (χ1n) is 7.34. The Bertz CT molecular complexity index is 591. The van der Waals surface area contributed by atoms with Crippen LogP contribution in [0.4, 0.5) is 0 Å². The number of oxazole rings is 1. The predicted molar refractivity (Wildman–Crippen MR) is 84.3 cm³/mol. The van der Waals surface area contributed by atoms with E-state index in [0.29, 0.717) is 17.0 Å². The molecule has 2 heterocycles. The number of benzene rings is 1. The first-order chi connectivity index (χ1) is 10.2. The number of halogens is 1. The van der Waals surface area contributed by atoms with Gasteiger partial charge < -0.3 is 9.73 Å². The summed E-state index contributed by atoms with van der Waals surface area (Å²) < 4.78 is 5.58. The number of hydrogen-bond donors (Lipinski definition) is 1. The number of hydrogen-bond acceptors (Lipinski definition) is 4. The monoisotopic (exact) mass is 305 g/mol. The van der Waals surface area contributed by atoms with Gasteiger partial charge in [-0.1, -0.05) is 17.7 Å². The van der Waals surface area contributed by atoms with Crippen LogP contribution in [0.2, 0.25) is 5.02 Å². The van der Waals surface area contributed by atoms with E-state index in [2.05, 4.69) is 15.2 Å². The molecule has 1 aliphatic rings. The lowest BCUT2D eigenvalue weighted by atomic mass is 10.1. The van der Waals surface area contributed by atoms with Gasteiger partial charge in [-0.25, -0.2) is 4.98 Å². The molecule has 1 aromatic heterocycles. The normalized spacial score (nSPS) is 17.2. The van der Waals surface area contributed by atoms with Gasteiger partial charge >= 0.3 is 0 Å². The molecule has 4 nitrogen and oxygen atoms in total. The lowest BCUT2D eigenvalue weighted by Gasteiger charge is -2.31. The maximum absolute atomic E-state index is 6.00. The highest BCUT2D eigenvalue weighted by Gasteiger charge is 2.19. The Morgan fingerprint density at radius 3 is 2.90 bits per heavy atom. The third-order valence-electron chi connectivity index (χ3n) is 4.00. The Labute approximate surface area is 130 Å². The number of rotatable bonds is 4. The van der Waals surface area contributed by atoms with E-state index < -0.39 is 0 Å². The highest BCUT2D eigenvalue weighted by atomic mass is 35.5.